The van der Waals surface area contributed by atoms with Crippen LogP contribution in [0.5, 0.6) is 0 Å². The van der Waals surface area contributed by atoms with Crippen LogP contribution in [0.3, 0.4) is 0 Å². The molecule has 202 valence electrons. The number of ether oxygens (including phenoxy) is 1. The molecule has 0 unspecified atom stereocenters. The van der Waals surface area contributed by atoms with E-state index in [-0.39, 0.29) is 18.0 Å². The van der Waals surface area contributed by atoms with Crippen molar-refractivity contribution in [2.24, 2.45) is 0 Å². The molecule has 0 saturated carbocycles. The van der Waals surface area contributed by atoms with Gasteiger partial charge in [-0.25, -0.2) is 4.79 Å². The Kier molecular flexibility index (Phi) is 10.4. The summed E-state index contributed by atoms with van der Waals surface area (Å²) in [7, 11) is 1.67. The number of rotatable bonds is 12. The van der Waals surface area contributed by atoms with E-state index in [9.17, 15) is 20.0 Å². The molecule has 2 heterocycles. The number of para-hydroxylation sites is 1. The molecule has 1 atom stereocenters. The second-order valence-corrected chi connectivity index (χ2v) is 9.92. The Morgan fingerprint density at radius 1 is 1.32 bits per heavy atom. The van der Waals surface area contributed by atoms with Gasteiger partial charge in [-0.1, -0.05) is 18.2 Å². The van der Waals surface area contributed by atoms with Gasteiger partial charge in [-0.3, -0.25) is 4.79 Å². The maximum Gasteiger partial charge on any atom is 0.407 e. The third-order valence-corrected chi connectivity index (χ3v) is 7.22. The molecule has 37 heavy (non-hydrogen) atoms. The summed E-state index contributed by atoms with van der Waals surface area (Å²) in [5, 5.41) is 23.9. The van der Waals surface area contributed by atoms with E-state index in [1.807, 2.05) is 48.4 Å². The summed E-state index contributed by atoms with van der Waals surface area (Å²) in [5.41, 5.74) is 2.63. The number of aryl methyl sites for hydroxylation is 1. The number of carboxylic acid groups (broad SMARTS) is 1. The summed E-state index contributed by atoms with van der Waals surface area (Å²) in [5.74, 6) is -0.116. The Morgan fingerprint density at radius 3 is 2.70 bits per heavy atom. The van der Waals surface area contributed by atoms with Gasteiger partial charge in [0.25, 0.3) is 5.91 Å². The van der Waals surface area contributed by atoms with E-state index in [1.165, 1.54) is 4.90 Å². The van der Waals surface area contributed by atoms with Gasteiger partial charge in [0.05, 0.1) is 11.1 Å². The summed E-state index contributed by atoms with van der Waals surface area (Å²) in [6.45, 7) is 9.51. The minimum absolute atomic E-state index is 0.0166. The molecule has 0 radical (unpaired) electrons. The molecule has 1 fully saturated rings. The average Bonchev–Trinajstić information content (AvgIpc) is 3.21. The van der Waals surface area contributed by atoms with Crippen molar-refractivity contribution >= 4 is 22.9 Å². The largest absolute Gasteiger partial charge is 0.465 e. The van der Waals surface area contributed by atoms with Crippen LogP contribution >= 0.6 is 0 Å². The quantitative estimate of drug-likeness (QED) is 0.416. The molecule has 9 heteroatoms. The number of hydrogen-bond acceptors (Lipinski definition) is 5. The predicted molar refractivity (Wildman–Crippen MR) is 144 cm³/mol. The molecule has 2 aromatic rings. The van der Waals surface area contributed by atoms with E-state index < -0.39 is 6.09 Å². The van der Waals surface area contributed by atoms with Crippen molar-refractivity contribution in [3.63, 3.8) is 0 Å². The lowest BCUT2D eigenvalue weighted by Gasteiger charge is -2.38. The average molecular weight is 512 g/mol. The highest BCUT2D eigenvalue weighted by molar-refractivity contribution is 6.04. The van der Waals surface area contributed by atoms with E-state index in [0.29, 0.717) is 43.9 Å². The monoisotopic (exact) mass is 511 g/mol. The molecule has 1 aliphatic rings. The van der Waals surface area contributed by atoms with Gasteiger partial charge >= 0.3 is 6.09 Å². The van der Waals surface area contributed by atoms with Gasteiger partial charge in [-0.15, -0.1) is 0 Å². The third-order valence-electron chi connectivity index (χ3n) is 7.22. The van der Waals surface area contributed by atoms with Gasteiger partial charge in [0.15, 0.2) is 0 Å². The summed E-state index contributed by atoms with van der Waals surface area (Å²) < 4.78 is 7.26. The Hall–Kier alpha value is -3.09. The normalized spacial score (nSPS) is 15.6. The van der Waals surface area contributed by atoms with Crippen molar-refractivity contribution in [2.75, 3.05) is 39.9 Å². The number of nitrogens with one attached hydrogen (secondary N) is 1. The number of fused-ring (bicyclic) bond motifs is 1. The number of unbranched alkanes of at least 4 members (excludes halogenated alkanes) is 1. The van der Waals surface area contributed by atoms with Crippen molar-refractivity contribution in [3.8, 4) is 6.07 Å². The van der Waals surface area contributed by atoms with Crippen molar-refractivity contribution in [3.05, 3.63) is 35.0 Å². The molecule has 1 saturated heterocycles. The second-order valence-electron chi connectivity index (χ2n) is 9.92. The number of piperidine rings is 1. The SMILES string of the molecule is CCN(CCc1cccc2c(C#N)c(C(=O)N(C(C)C)[C@@H]3CCCNC3)n(CCCCOC)c12)C(=O)O. The molecule has 1 aromatic carbocycles. The number of benzene rings is 1. The van der Waals surface area contributed by atoms with Crippen LogP contribution in [0.2, 0.25) is 0 Å². The third kappa shape index (κ3) is 6.43. The Bertz CT molecular complexity index is 1110. The molecule has 1 aliphatic heterocycles. The number of carbonyl (C=O) groups is 2. The standard InChI is InChI=1S/C28H41N5O4/c1-5-31(28(35)36)16-13-21-10-8-12-23-24(18-29)26(32(25(21)23)15-6-7-17-37-4)27(34)33(20(2)3)22-11-9-14-30-19-22/h8,10,12,20,22,30H,5-7,9,11,13-17,19H2,1-4H3,(H,35,36)/t22-/m1/s1. The van der Waals surface area contributed by atoms with Crippen molar-refractivity contribution in [1.82, 2.24) is 19.7 Å². The van der Waals surface area contributed by atoms with E-state index in [0.717, 1.165) is 55.2 Å². The Labute approximate surface area is 220 Å². The topological polar surface area (TPSA) is 111 Å². The van der Waals surface area contributed by atoms with Crippen LogP contribution in [0.25, 0.3) is 10.9 Å². The zero-order valence-electron chi connectivity index (χ0n) is 22.6. The lowest BCUT2D eigenvalue weighted by atomic mass is 10.0. The first-order valence-electron chi connectivity index (χ1n) is 13.4. The van der Waals surface area contributed by atoms with Gasteiger partial charge < -0.3 is 29.5 Å². The van der Waals surface area contributed by atoms with Crippen LogP contribution in [0.4, 0.5) is 4.79 Å². The summed E-state index contributed by atoms with van der Waals surface area (Å²) >= 11 is 0. The molecule has 9 nitrogen and oxygen atoms in total. The molecular formula is C28H41N5O4. The van der Waals surface area contributed by atoms with Crippen molar-refractivity contribution in [2.45, 2.75) is 71.5 Å². The fourth-order valence-corrected chi connectivity index (χ4v) is 5.42. The zero-order chi connectivity index (χ0) is 26.9. The number of aromatic nitrogens is 1. The number of amides is 2. The summed E-state index contributed by atoms with van der Waals surface area (Å²) in [6.07, 6.45) is 3.11. The van der Waals surface area contributed by atoms with Gasteiger partial charge in [-0.2, -0.15) is 5.26 Å². The van der Waals surface area contributed by atoms with Gasteiger partial charge in [0, 0.05) is 57.4 Å². The molecular weight excluding hydrogens is 470 g/mol. The van der Waals surface area contributed by atoms with Crippen LogP contribution in [-0.4, -0.2) is 83.5 Å². The first kappa shape index (κ1) is 28.5. The van der Waals surface area contributed by atoms with E-state index >= 15 is 0 Å². The van der Waals surface area contributed by atoms with E-state index in [4.69, 9.17) is 4.74 Å². The molecule has 1 aromatic heterocycles. The van der Waals surface area contributed by atoms with Crippen LogP contribution < -0.4 is 5.32 Å². The van der Waals surface area contributed by atoms with Gasteiger partial charge in [-0.05, 0) is 65.0 Å². The molecule has 3 rings (SSSR count). The van der Waals surface area contributed by atoms with E-state index in [1.54, 1.807) is 7.11 Å². The summed E-state index contributed by atoms with van der Waals surface area (Å²) in [4.78, 5) is 29.2. The minimum Gasteiger partial charge on any atom is -0.465 e. The maximum atomic E-state index is 14.3. The Morgan fingerprint density at radius 2 is 2.11 bits per heavy atom. The van der Waals surface area contributed by atoms with Crippen molar-refractivity contribution in [1.29, 1.82) is 5.26 Å². The maximum absolute atomic E-state index is 14.3. The first-order valence-corrected chi connectivity index (χ1v) is 13.4. The first-order chi connectivity index (χ1) is 17.8. The summed E-state index contributed by atoms with van der Waals surface area (Å²) in [6, 6.07) is 8.17. The van der Waals surface area contributed by atoms with Gasteiger partial charge in [0.1, 0.15) is 11.8 Å². The number of likely N-dealkylation sites (N-methyl/N-ethyl adjacent to an activating group) is 1. The number of nitrogens with zero attached hydrogens (tertiary/aromatic N) is 4. The van der Waals surface area contributed by atoms with Crippen LogP contribution in [-0.2, 0) is 17.7 Å². The van der Waals surface area contributed by atoms with Gasteiger partial charge in [0.2, 0.25) is 0 Å². The number of hydrogen-bond donors (Lipinski definition) is 2. The second kappa shape index (κ2) is 13.5. The molecule has 0 aliphatic carbocycles. The smallest absolute Gasteiger partial charge is 0.407 e. The molecule has 2 N–H and O–H groups in total. The molecule has 0 spiro atoms. The highest BCUT2D eigenvalue weighted by Gasteiger charge is 2.33. The van der Waals surface area contributed by atoms with E-state index in [2.05, 4.69) is 11.4 Å². The van der Waals surface area contributed by atoms with Crippen LogP contribution in [0, 0.1) is 11.3 Å². The minimum atomic E-state index is -0.952. The Balaban J connectivity index is 2.13. The zero-order valence-corrected chi connectivity index (χ0v) is 22.6. The highest BCUT2D eigenvalue weighted by Crippen LogP contribution is 2.32. The lowest BCUT2D eigenvalue weighted by molar-refractivity contribution is 0.0562. The fourth-order valence-electron chi connectivity index (χ4n) is 5.42. The lowest BCUT2D eigenvalue weighted by Crippen LogP contribution is -2.52. The molecule has 0 bridgehead atoms. The molecule has 2 amide bonds. The van der Waals surface area contributed by atoms with Crippen LogP contribution in [0.15, 0.2) is 18.2 Å². The number of nitriles is 1. The van der Waals surface area contributed by atoms with Crippen LogP contribution in [0.1, 0.15) is 68.1 Å². The van der Waals surface area contributed by atoms with Crippen molar-refractivity contribution < 1.29 is 19.4 Å². The number of methoxy groups -OCH3 is 1. The highest BCUT2D eigenvalue weighted by atomic mass is 16.5. The number of carbonyl (C=O) groups excluding carboxylic acids is 1. The fraction of sp³-hybridized carbons (Fsp3) is 0.607. The predicted octanol–water partition coefficient (Wildman–Crippen LogP) is 4.08.